The minimum absolute atomic E-state index is 0. The molecule has 2 heteroatoms. The first-order valence-corrected chi connectivity index (χ1v) is 2.44. The molecule has 2 N–H and O–H groups in total. The molecule has 0 bridgehead atoms. The van der Waals surface area contributed by atoms with Crippen molar-refractivity contribution in [3.05, 3.63) is 12.1 Å². The molecule has 8 heavy (non-hydrogen) atoms. The largest absolute Gasteiger partial charge is 0.693 e. The van der Waals surface area contributed by atoms with Crippen LogP contribution in [0, 0.1) is 11.8 Å². The predicted octanol–water partition coefficient (Wildman–Crippen LogP) is 2.97. The van der Waals surface area contributed by atoms with Gasteiger partial charge in [0.1, 0.15) is 0 Å². The van der Waals surface area contributed by atoms with Crippen LogP contribution in [0.25, 0.3) is 6.15 Å². The zero-order chi connectivity index (χ0) is 5.15. The summed E-state index contributed by atoms with van der Waals surface area (Å²) in [7, 11) is 0. The van der Waals surface area contributed by atoms with E-state index in [0.29, 0.717) is 0 Å². The van der Waals surface area contributed by atoms with E-state index in [4.69, 9.17) is 0 Å². The Balaban J connectivity index is -0.000000125. The normalized spacial score (nSPS) is 8.25. The van der Waals surface area contributed by atoms with E-state index in [-0.39, 0.29) is 32.0 Å². The molecule has 50 valence electrons. The van der Waals surface area contributed by atoms with Gasteiger partial charge in [0.25, 0.3) is 0 Å². The maximum Gasteiger partial charge on any atom is 0 e. The molecular weight excluding hydrogens is 265 g/mol. The van der Waals surface area contributed by atoms with E-state index in [1.54, 1.807) is 0 Å². The second-order valence-corrected chi connectivity index (χ2v) is 2.23. The fourth-order valence-corrected chi connectivity index (χ4v) is 0. The zero-order valence-corrected chi connectivity index (χ0v) is 9.75. The van der Waals surface area contributed by atoms with Crippen molar-refractivity contribution in [1.29, 1.82) is 0 Å². The van der Waals surface area contributed by atoms with Gasteiger partial charge in [-0.3, -0.25) is 0 Å². The summed E-state index contributed by atoms with van der Waals surface area (Å²) in [6, 6.07) is 0. The molecule has 0 aromatic carbocycles. The topological polar surface area (TPSA) is 33.5 Å². The van der Waals surface area contributed by atoms with Gasteiger partial charge in [-0.15, -0.1) is 0 Å². The SMILES string of the molecule is C[C-](C)C(C)C.[Hf].[NH2-]. The molecule has 0 aliphatic carbocycles. The van der Waals surface area contributed by atoms with Crippen LogP contribution in [-0.2, 0) is 25.8 Å². The van der Waals surface area contributed by atoms with E-state index in [2.05, 4.69) is 27.7 Å². The van der Waals surface area contributed by atoms with Crippen LogP contribution >= 0.6 is 0 Å². The van der Waals surface area contributed by atoms with Gasteiger partial charge in [0.15, 0.2) is 0 Å². The molecule has 0 heterocycles. The van der Waals surface area contributed by atoms with Crippen molar-refractivity contribution in [2.75, 3.05) is 0 Å². The molecule has 0 amide bonds. The molecule has 0 aliphatic heterocycles. The summed E-state index contributed by atoms with van der Waals surface area (Å²) in [6.07, 6.45) is 0. The molecule has 0 atom stereocenters. The molecule has 0 radical (unpaired) electrons. The summed E-state index contributed by atoms with van der Waals surface area (Å²) in [6.45, 7) is 8.72. The van der Waals surface area contributed by atoms with E-state index in [0.717, 1.165) is 5.92 Å². The fourth-order valence-electron chi connectivity index (χ4n) is 0. The van der Waals surface area contributed by atoms with Crippen LogP contribution in [0.1, 0.15) is 27.7 Å². The van der Waals surface area contributed by atoms with E-state index in [1.165, 1.54) is 5.92 Å². The standard InChI is InChI=1S/C6H13.Hf.H2N/c1-5(2)6(3)4;;/h5H,1-4H3;;1H2/q-1;;-1. The van der Waals surface area contributed by atoms with Crippen LogP contribution < -0.4 is 0 Å². The molecular formula is C6H15HfN-2. The van der Waals surface area contributed by atoms with E-state index in [1.807, 2.05) is 0 Å². The molecule has 0 aliphatic rings. The van der Waals surface area contributed by atoms with Crippen molar-refractivity contribution in [3.8, 4) is 0 Å². The average molecular weight is 280 g/mol. The minimum atomic E-state index is 0. The van der Waals surface area contributed by atoms with Gasteiger partial charge < -0.3 is 12.1 Å². The number of hydrogen-bond donors (Lipinski definition) is 0. The van der Waals surface area contributed by atoms with Crippen molar-refractivity contribution in [1.82, 2.24) is 0 Å². The fraction of sp³-hybridized carbons (Fsp3) is 0.833. The minimum Gasteiger partial charge on any atom is -0.693 e. The van der Waals surface area contributed by atoms with Gasteiger partial charge in [-0.25, -0.2) is 0 Å². The monoisotopic (exact) mass is 281 g/mol. The van der Waals surface area contributed by atoms with Crippen LogP contribution in [0.3, 0.4) is 0 Å². The Morgan fingerprint density at radius 1 is 1.12 bits per heavy atom. The second kappa shape index (κ2) is 7.83. The Labute approximate surface area is 71.6 Å². The third-order valence-electron chi connectivity index (χ3n) is 1.15. The first-order chi connectivity index (χ1) is 2.64. The van der Waals surface area contributed by atoms with Crippen LogP contribution in [0.15, 0.2) is 0 Å². The summed E-state index contributed by atoms with van der Waals surface area (Å²) in [5.41, 5.74) is 0. The quantitative estimate of drug-likeness (QED) is 0.522. The molecule has 1 nitrogen and oxygen atoms in total. The molecule has 0 unspecified atom stereocenters. The van der Waals surface area contributed by atoms with Crippen molar-refractivity contribution >= 4 is 0 Å². The van der Waals surface area contributed by atoms with Crippen molar-refractivity contribution in [2.45, 2.75) is 27.7 Å². The molecule has 0 fully saturated rings. The first kappa shape index (κ1) is 15.9. The van der Waals surface area contributed by atoms with Crippen molar-refractivity contribution in [2.24, 2.45) is 5.92 Å². The van der Waals surface area contributed by atoms with Gasteiger partial charge in [0, 0.05) is 25.8 Å². The maximum absolute atomic E-state index is 2.20. The Morgan fingerprint density at radius 3 is 1.25 bits per heavy atom. The molecule has 0 aromatic heterocycles. The van der Waals surface area contributed by atoms with Crippen LogP contribution in [0.2, 0.25) is 0 Å². The van der Waals surface area contributed by atoms with Crippen molar-refractivity contribution < 1.29 is 25.8 Å². The number of rotatable bonds is 1. The van der Waals surface area contributed by atoms with Gasteiger partial charge in [-0.05, 0) is 0 Å². The summed E-state index contributed by atoms with van der Waals surface area (Å²) in [5, 5.41) is 0. The summed E-state index contributed by atoms with van der Waals surface area (Å²) in [5.74, 6) is 2.28. The van der Waals surface area contributed by atoms with Crippen molar-refractivity contribution in [3.63, 3.8) is 0 Å². The zero-order valence-electron chi connectivity index (χ0n) is 6.15. The van der Waals surface area contributed by atoms with Gasteiger partial charge in [-0.2, -0.15) is 19.8 Å². The maximum atomic E-state index is 2.20. The van der Waals surface area contributed by atoms with E-state index < -0.39 is 0 Å². The molecule has 0 saturated heterocycles. The van der Waals surface area contributed by atoms with Gasteiger partial charge in [0.05, 0.1) is 0 Å². The van der Waals surface area contributed by atoms with E-state index in [9.17, 15) is 0 Å². The summed E-state index contributed by atoms with van der Waals surface area (Å²) >= 11 is 0. The van der Waals surface area contributed by atoms with Gasteiger partial charge in [0.2, 0.25) is 0 Å². The Morgan fingerprint density at radius 2 is 1.25 bits per heavy atom. The third kappa shape index (κ3) is 9.95. The van der Waals surface area contributed by atoms with Crippen LogP contribution in [0.4, 0.5) is 0 Å². The summed E-state index contributed by atoms with van der Waals surface area (Å²) in [4.78, 5) is 0. The first-order valence-electron chi connectivity index (χ1n) is 2.44. The van der Waals surface area contributed by atoms with Gasteiger partial charge >= 0.3 is 0 Å². The smallest absolute Gasteiger partial charge is 0 e. The Hall–Kier alpha value is 0.830. The Kier molecular flexibility index (Phi) is 15.6. The second-order valence-electron chi connectivity index (χ2n) is 2.23. The average Bonchev–Trinajstić information content (AvgIpc) is 1.36. The van der Waals surface area contributed by atoms with Crippen LogP contribution in [-0.4, -0.2) is 0 Å². The number of hydrogen-bond acceptors (Lipinski definition) is 0. The molecule has 0 spiro atoms. The third-order valence-corrected chi connectivity index (χ3v) is 1.15. The number of nitrogens with two attached hydrogens (primary N) is 1. The molecule has 0 aromatic rings. The predicted molar refractivity (Wildman–Crippen MR) is 34.7 cm³/mol. The summed E-state index contributed by atoms with van der Waals surface area (Å²) < 4.78 is 0. The van der Waals surface area contributed by atoms with Gasteiger partial charge in [-0.1, -0.05) is 13.8 Å². The Bertz CT molecular complexity index is 29.5. The molecule has 0 saturated carbocycles. The van der Waals surface area contributed by atoms with Crippen LogP contribution in [0.5, 0.6) is 0 Å². The van der Waals surface area contributed by atoms with E-state index >= 15 is 0 Å². The molecule has 0 rings (SSSR count).